The Bertz CT molecular complexity index is 725. The van der Waals surface area contributed by atoms with Crippen molar-refractivity contribution < 1.29 is 9.50 Å². The molecule has 0 bridgehead atoms. The van der Waals surface area contributed by atoms with Gasteiger partial charge in [0.25, 0.3) is 0 Å². The van der Waals surface area contributed by atoms with Gasteiger partial charge in [-0.05, 0) is 59.8 Å². The van der Waals surface area contributed by atoms with E-state index < -0.39 is 5.82 Å². The number of hydrogen-bond donors (Lipinski definition) is 3. The van der Waals surface area contributed by atoms with E-state index in [-0.39, 0.29) is 17.2 Å². The average Bonchev–Trinajstić information content (AvgIpc) is 2.56. The highest BCUT2D eigenvalue weighted by molar-refractivity contribution is 9.10. The van der Waals surface area contributed by atoms with Crippen LogP contribution in [0, 0.1) is 5.82 Å². The molecular formula is C16H17BrClFN4O. The van der Waals surface area contributed by atoms with Crippen LogP contribution in [0.15, 0.2) is 28.9 Å². The summed E-state index contributed by atoms with van der Waals surface area (Å²) in [5.74, 6) is 0.599. The molecule has 0 atom stereocenters. The second-order valence-corrected chi connectivity index (χ2v) is 7.06. The molecule has 1 aromatic heterocycles. The van der Waals surface area contributed by atoms with Crippen molar-refractivity contribution in [2.75, 3.05) is 10.6 Å². The molecule has 8 heteroatoms. The summed E-state index contributed by atoms with van der Waals surface area (Å²) in [4.78, 5) is 8.66. The van der Waals surface area contributed by atoms with Gasteiger partial charge in [0.15, 0.2) is 0 Å². The third kappa shape index (κ3) is 4.34. The summed E-state index contributed by atoms with van der Waals surface area (Å²) in [5.41, 5.74) is 0.607. The molecule has 1 saturated carbocycles. The Morgan fingerprint density at radius 3 is 2.71 bits per heavy atom. The second kappa shape index (κ2) is 7.63. The number of aromatic nitrogens is 2. The van der Waals surface area contributed by atoms with Crippen LogP contribution in [0.5, 0.6) is 0 Å². The molecule has 24 heavy (non-hydrogen) atoms. The highest BCUT2D eigenvalue weighted by Crippen LogP contribution is 2.27. The zero-order valence-corrected chi connectivity index (χ0v) is 15.1. The SMILES string of the molecule is OC1CCC(Nc2nc(Nc3ccc(F)c(Cl)c3)ncc2Br)CC1. The molecule has 0 radical (unpaired) electrons. The van der Waals surface area contributed by atoms with E-state index in [1.807, 2.05) is 0 Å². The van der Waals surface area contributed by atoms with Crippen LogP contribution in [0.2, 0.25) is 5.02 Å². The number of benzene rings is 1. The summed E-state index contributed by atoms with van der Waals surface area (Å²) in [6.07, 6.45) is 4.83. The number of aliphatic hydroxyl groups excluding tert-OH is 1. The number of nitrogens with zero attached hydrogens (tertiary/aromatic N) is 2. The predicted molar refractivity (Wildman–Crippen MR) is 96.3 cm³/mol. The summed E-state index contributed by atoms with van der Waals surface area (Å²) in [6, 6.07) is 4.61. The van der Waals surface area contributed by atoms with Gasteiger partial charge in [0.05, 0.1) is 15.6 Å². The number of rotatable bonds is 4. The quantitative estimate of drug-likeness (QED) is 0.686. The van der Waals surface area contributed by atoms with Gasteiger partial charge in [-0.15, -0.1) is 0 Å². The van der Waals surface area contributed by atoms with Gasteiger partial charge in [0.2, 0.25) is 5.95 Å². The highest BCUT2D eigenvalue weighted by atomic mass is 79.9. The van der Waals surface area contributed by atoms with Crippen molar-refractivity contribution in [3.8, 4) is 0 Å². The largest absolute Gasteiger partial charge is 0.393 e. The van der Waals surface area contributed by atoms with Gasteiger partial charge in [-0.2, -0.15) is 4.98 Å². The minimum absolute atomic E-state index is 0.0382. The molecule has 0 amide bonds. The lowest BCUT2D eigenvalue weighted by Gasteiger charge is -2.27. The summed E-state index contributed by atoms with van der Waals surface area (Å²) in [6.45, 7) is 0. The van der Waals surface area contributed by atoms with Crippen molar-refractivity contribution in [1.29, 1.82) is 0 Å². The number of nitrogens with one attached hydrogen (secondary N) is 2. The Balaban J connectivity index is 1.72. The molecule has 1 aromatic carbocycles. The van der Waals surface area contributed by atoms with Crippen LogP contribution in [-0.2, 0) is 0 Å². The van der Waals surface area contributed by atoms with Gasteiger partial charge >= 0.3 is 0 Å². The van der Waals surface area contributed by atoms with Crippen LogP contribution in [0.3, 0.4) is 0 Å². The molecule has 5 nitrogen and oxygen atoms in total. The van der Waals surface area contributed by atoms with Crippen molar-refractivity contribution in [2.45, 2.75) is 37.8 Å². The fourth-order valence-corrected chi connectivity index (χ4v) is 3.13. The molecule has 1 heterocycles. The zero-order chi connectivity index (χ0) is 17.1. The van der Waals surface area contributed by atoms with Gasteiger partial charge < -0.3 is 15.7 Å². The van der Waals surface area contributed by atoms with E-state index in [0.29, 0.717) is 17.5 Å². The summed E-state index contributed by atoms with van der Waals surface area (Å²) < 4.78 is 14.0. The second-order valence-electron chi connectivity index (χ2n) is 5.79. The molecule has 128 valence electrons. The van der Waals surface area contributed by atoms with Crippen LogP contribution >= 0.6 is 27.5 Å². The van der Waals surface area contributed by atoms with E-state index >= 15 is 0 Å². The fraction of sp³-hybridized carbons (Fsp3) is 0.375. The minimum Gasteiger partial charge on any atom is -0.393 e. The molecule has 1 aliphatic rings. The molecular weight excluding hydrogens is 399 g/mol. The summed E-state index contributed by atoms with van der Waals surface area (Å²) in [5, 5.41) is 16.0. The van der Waals surface area contributed by atoms with Crippen LogP contribution in [-0.4, -0.2) is 27.2 Å². The monoisotopic (exact) mass is 414 g/mol. The van der Waals surface area contributed by atoms with Crippen LogP contribution in [0.25, 0.3) is 0 Å². The molecule has 0 unspecified atom stereocenters. The van der Waals surface area contributed by atoms with E-state index in [0.717, 1.165) is 30.2 Å². The Labute approximate surface area is 152 Å². The van der Waals surface area contributed by atoms with Gasteiger partial charge in [-0.25, -0.2) is 9.37 Å². The lowest BCUT2D eigenvalue weighted by Crippen LogP contribution is -2.28. The maximum absolute atomic E-state index is 13.2. The predicted octanol–water partition coefficient (Wildman–Crippen LogP) is 4.49. The van der Waals surface area contributed by atoms with Crippen LogP contribution < -0.4 is 10.6 Å². The number of anilines is 3. The summed E-state index contributed by atoms with van der Waals surface area (Å²) >= 11 is 9.22. The smallest absolute Gasteiger partial charge is 0.229 e. The molecule has 0 aliphatic heterocycles. The lowest BCUT2D eigenvalue weighted by molar-refractivity contribution is 0.126. The lowest BCUT2D eigenvalue weighted by atomic mass is 9.93. The van der Waals surface area contributed by atoms with Gasteiger partial charge in [-0.1, -0.05) is 11.6 Å². The van der Waals surface area contributed by atoms with Crippen molar-refractivity contribution in [1.82, 2.24) is 9.97 Å². The van der Waals surface area contributed by atoms with E-state index in [2.05, 4.69) is 36.5 Å². The highest BCUT2D eigenvalue weighted by Gasteiger charge is 2.20. The van der Waals surface area contributed by atoms with E-state index in [4.69, 9.17) is 11.6 Å². The molecule has 1 fully saturated rings. The van der Waals surface area contributed by atoms with Crippen molar-refractivity contribution in [2.24, 2.45) is 0 Å². The van der Waals surface area contributed by atoms with E-state index in [1.165, 1.54) is 12.1 Å². The van der Waals surface area contributed by atoms with Crippen LogP contribution in [0.1, 0.15) is 25.7 Å². The standard InChI is InChI=1S/C16H17BrClFN4O/c17-12-8-20-16(22-10-3-6-14(19)13(18)7-10)23-15(12)21-9-1-4-11(24)5-2-9/h3,6-9,11,24H,1-2,4-5H2,(H2,20,21,22,23). The topological polar surface area (TPSA) is 70.1 Å². The maximum Gasteiger partial charge on any atom is 0.229 e. The molecule has 2 aromatic rings. The Hall–Kier alpha value is -1.44. The molecule has 0 spiro atoms. The zero-order valence-electron chi connectivity index (χ0n) is 12.8. The minimum atomic E-state index is -0.471. The first-order valence-corrected chi connectivity index (χ1v) is 8.87. The molecule has 0 saturated heterocycles. The van der Waals surface area contributed by atoms with Crippen molar-refractivity contribution in [3.05, 3.63) is 39.7 Å². The van der Waals surface area contributed by atoms with Gasteiger partial charge in [0, 0.05) is 17.9 Å². The average molecular weight is 416 g/mol. The molecule has 1 aliphatic carbocycles. The first-order valence-electron chi connectivity index (χ1n) is 7.70. The Kier molecular flexibility index (Phi) is 5.53. The first-order chi connectivity index (χ1) is 11.5. The number of halogens is 3. The molecule has 3 N–H and O–H groups in total. The Morgan fingerprint density at radius 2 is 2.00 bits per heavy atom. The summed E-state index contributed by atoms with van der Waals surface area (Å²) in [7, 11) is 0. The number of aliphatic hydroxyl groups is 1. The third-order valence-electron chi connectivity index (χ3n) is 3.96. The third-order valence-corrected chi connectivity index (χ3v) is 4.83. The normalized spacial score (nSPS) is 20.7. The number of hydrogen-bond acceptors (Lipinski definition) is 5. The fourth-order valence-electron chi connectivity index (χ4n) is 2.65. The Morgan fingerprint density at radius 1 is 1.25 bits per heavy atom. The molecule has 3 rings (SSSR count). The van der Waals surface area contributed by atoms with E-state index in [9.17, 15) is 9.50 Å². The van der Waals surface area contributed by atoms with E-state index in [1.54, 1.807) is 12.3 Å². The van der Waals surface area contributed by atoms with Crippen molar-refractivity contribution >= 4 is 45.0 Å². The van der Waals surface area contributed by atoms with Gasteiger partial charge in [-0.3, -0.25) is 0 Å². The van der Waals surface area contributed by atoms with Crippen LogP contribution in [0.4, 0.5) is 21.8 Å². The van der Waals surface area contributed by atoms with Gasteiger partial charge in [0.1, 0.15) is 11.6 Å². The maximum atomic E-state index is 13.2. The first kappa shape index (κ1) is 17.4. The van der Waals surface area contributed by atoms with Crippen molar-refractivity contribution in [3.63, 3.8) is 0 Å².